The van der Waals surface area contributed by atoms with Crippen molar-refractivity contribution in [2.45, 2.75) is 19.5 Å². The Labute approximate surface area is 191 Å². The van der Waals surface area contributed by atoms with Gasteiger partial charge in [-0.25, -0.2) is 4.79 Å². The van der Waals surface area contributed by atoms with E-state index in [1.165, 1.54) is 9.13 Å². The van der Waals surface area contributed by atoms with E-state index in [2.05, 4.69) is 5.32 Å². The third-order valence-electron chi connectivity index (χ3n) is 5.57. The van der Waals surface area contributed by atoms with Gasteiger partial charge in [0.05, 0.1) is 10.9 Å². The number of aromatic nitrogens is 2. The van der Waals surface area contributed by atoms with E-state index in [1.54, 1.807) is 24.3 Å². The van der Waals surface area contributed by atoms with Crippen LogP contribution in [0.1, 0.15) is 5.56 Å². The molecule has 1 aromatic heterocycles. The van der Waals surface area contributed by atoms with Gasteiger partial charge in [0.25, 0.3) is 5.56 Å². The van der Waals surface area contributed by atoms with Gasteiger partial charge in [-0.05, 0) is 48.4 Å². The molecule has 1 amide bonds. The first-order valence-corrected chi connectivity index (χ1v) is 10.8. The monoisotopic (exact) mass is 442 g/mol. The van der Waals surface area contributed by atoms with Crippen LogP contribution in [0.25, 0.3) is 10.9 Å². The summed E-state index contributed by atoms with van der Waals surface area (Å²) in [6.07, 6.45) is 0.540. The zero-order chi connectivity index (χ0) is 23.4. The predicted molar refractivity (Wildman–Crippen MR) is 132 cm³/mol. The molecule has 0 saturated carbocycles. The highest BCUT2D eigenvalue weighted by Gasteiger charge is 2.15. The molecule has 0 radical (unpaired) electrons. The Hall–Kier alpha value is -4.13. The minimum absolute atomic E-state index is 0.194. The van der Waals surface area contributed by atoms with Gasteiger partial charge in [-0.1, -0.05) is 42.5 Å². The average Bonchev–Trinajstić information content (AvgIpc) is 2.83. The van der Waals surface area contributed by atoms with Crippen molar-refractivity contribution in [1.82, 2.24) is 9.13 Å². The molecule has 0 saturated heterocycles. The smallest absolute Gasteiger partial charge is 0.331 e. The van der Waals surface area contributed by atoms with Crippen LogP contribution in [0.5, 0.6) is 0 Å². The Kier molecular flexibility index (Phi) is 6.40. The Morgan fingerprint density at radius 3 is 2.21 bits per heavy atom. The van der Waals surface area contributed by atoms with E-state index in [0.717, 1.165) is 11.3 Å². The van der Waals surface area contributed by atoms with Crippen LogP contribution in [0.3, 0.4) is 0 Å². The Morgan fingerprint density at radius 1 is 0.848 bits per heavy atom. The first-order chi connectivity index (χ1) is 15.9. The average molecular weight is 443 g/mol. The van der Waals surface area contributed by atoms with Gasteiger partial charge in [-0.2, -0.15) is 0 Å². The lowest BCUT2D eigenvalue weighted by Crippen LogP contribution is -2.42. The minimum atomic E-state index is -0.493. The number of rotatable bonds is 7. The molecule has 4 aromatic rings. The third-order valence-corrected chi connectivity index (χ3v) is 5.57. The molecule has 0 spiro atoms. The molecule has 33 heavy (non-hydrogen) atoms. The number of nitrogens with zero attached hydrogens (tertiary/aromatic N) is 3. The number of benzene rings is 3. The highest BCUT2D eigenvalue weighted by Crippen LogP contribution is 2.16. The van der Waals surface area contributed by atoms with E-state index in [9.17, 15) is 14.4 Å². The lowest BCUT2D eigenvalue weighted by molar-refractivity contribution is -0.116. The highest BCUT2D eigenvalue weighted by atomic mass is 16.2. The van der Waals surface area contributed by atoms with Crippen molar-refractivity contribution in [2.75, 3.05) is 24.3 Å². The normalized spacial score (nSPS) is 10.8. The molecule has 0 unspecified atom stereocenters. The number of anilines is 2. The fourth-order valence-electron chi connectivity index (χ4n) is 3.79. The van der Waals surface area contributed by atoms with Gasteiger partial charge in [0, 0.05) is 32.0 Å². The molecule has 0 bridgehead atoms. The highest BCUT2D eigenvalue weighted by molar-refractivity contribution is 5.91. The Bertz CT molecular complexity index is 1390. The maximum Gasteiger partial charge on any atom is 0.331 e. The summed E-state index contributed by atoms with van der Waals surface area (Å²) in [4.78, 5) is 41.1. The van der Waals surface area contributed by atoms with E-state index < -0.39 is 5.69 Å². The van der Waals surface area contributed by atoms with Gasteiger partial charge in [-0.3, -0.25) is 18.7 Å². The standard InChI is InChI=1S/C26H26N4O3/c1-28(2)21-14-12-20(13-15-21)27-24(31)18-30-23-11-7-6-10-22(23)25(32)29(26(30)33)17-16-19-8-4-3-5-9-19/h3-15H,16-18H2,1-2H3,(H,27,31). The Balaban J connectivity index is 1.64. The number of para-hydroxylation sites is 1. The van der Waals surface area contributed by atoms with Gasteiger partial charge in [-0.15, -0.1) is 0 Å². The number of aryl methyl sites for hydroxylation is 1. The fraction of sp³-hybridized carbons (Fsp3) is 0.192. The van der Waals surface area contributed by atoms with Crippen molar-refractivity contribution >= 4 is 28.2 Å². The van der Waals surface area contributed by atoms with Crippen molar-refractivity contribution in [1.29, 1.82) is 0 Å². The second-order valence-corrected chi connectivity index (χ2v) is 8.07. The number of carbonyl (C=O) groups excluding carboxylic acids is 1. The van der Waals surface area contributed by atoms with Crippen LogP contribution >= 0.6 is 0 Å². The van der Waals surface area contributed by atoms with Crippen molar-refractivity contribution < 1.29 is 4.79 Å². The maximum absolute atomic E-state index is 13.3. The molecule has 0 aliphatic heterocycles. The van der Waals surface area contributed by atoms with E-state index in [4.69, 9.17) is 0 Å². The largest absolute Gasteiger partial charge is 0.378 e. The Morgan fingerprint density at radius 2 is 1.52 bits per heavy atom. The summed E-state index contributed by atoms with van der Waals surface area (Å²) < 4.78 is 2.58. The molecule has 7 heteroatoms. The molecular formula is C26H26N4O3. The summed E-state index contributed by atoms with van der Waals surface area (Å²) in [6.45, 7) is 0.0422. The van der Waals surface area contributed by atoms with Gasteiger partial charge in [0.15, 0.2) is 0 Å². The lowest BCUT2D eigenvalue weighted by Gasteiger charge is -2.15. The predicted octanol–water partition coefficient (Wildman–Crippen LogP) is 3.11. The molecule has 0 aliphatic rings. The first kappa shape index (κ1) is 22.1. The maximum atomic E-state index is 13.3. The minimum Gasteiger partial charge on any atom is -0.378 e. The number of amides is 1. The van der Waals surface area contributed by atoms with Crippen LogP contribution in [0.2, 0.25) is 0 Å². The quantitative estimate of drug-likeness (QED) is 0.477. The van der Waals surface area contributed by atoms with E-state index >= 15 is 0 Å². The second-order valence-electron chi connectivity index (χ2n) is 8.07. The molecule has 0 fully saturated rings. The SMILES string of the molecule is CN(C)c1ccc(NC(=O)Cn2c(=O)n(CCc3ccccc3)c(=O)c3ccccc32)cc1. The van der Waals surface area contributed by atoms with Crippen molar-refractivity contribution in [3.05, 3.63) is 105 Å². The van der Waals surface area contributed by atoms with Crippen LogP contribution in [0.4, 0.5) is 11.4 Å². The van der Waals surface area contributed by atoms with Crippen LogP contribution in [-0.4, -0.2) is 29.1 Å². The summed E-state index contributed by atoms with van der Waals surface area (Å²) in [6, 6.07) is 24.0. The molecule has 4 rings (SSSR count). The fourth-order valence-corrected chi connectivity index (χ4v) is 3.79. The zero-order valence-electron chi connectivity index (χ0n) is 18.7. The summed E-state index contributed by atoms with van der Waals surface area (Å²) in [7, 11) is 3.88. The molecule has 0 atom stereocenters. The molecular weight excluding hydrogens is 416 g/mol. The van der Waals surface area contributed by atoms with E-state index in [1.807, 2.05) is 73.6 Å². The van der Waals surface area contributed by atoms with Crippen LogP contribution < -0.4 is 21.5 Å². The van der Waals surface area contributed by atoms with Crippen LogP contribution in [-0.2, 0) is 24.3 Å². The summed E-state index contributed by atoms with van der Waals surface area (Å²) in [5, 5.41) is 3.25. The molecule has 0 aliphatic carbocycles. The number of carbonyl (C=O) groups is 1. The molecule has 3 aromatic carbocycles. The third kappa shape index (κ3) is 4.87. The molecule has 7 nitrogen and oxygen atoms in total. The first-order valence-electron chi connectivity index (χ1n) is 10.8. The molecule has 1 N–H and O–H groups in total. The zero-order valence-corrected chi connectivity index (χ0v) is 18.7. The number of nitrogens with one attached hydrogen (secondary N) is 1. The lowest BCUT2D eigenvalue weighted by atomic mass is 10.1. The number of hydrogen-bond donors (Lipinski definition) is 1. The molecule has 1 heterocycles. The number of hydrogen-bond acceptors (Lipinski definition) is 4. The van der Waals surface area contributed by atoms with Crippen LogP contribution in [0, 0.1) is 0 Å². The van der Waals surface area contributed by atoms with Gasteiger partial charge in [0.2, 0.25) is 5.91 Å². The van der Waals surface area contributed by atoms with Gasteiger partial charge >= 0.3 is 5.69 Å². The number of fused-ring (bicyclic) bond motifs is 1. The van der Waals surface area contributed by atoms with E-state index in [-0.39, 0.29) is 24.6 Å². The second kappa shape index (κ2) is 9.56. The summed E-state index contributed by atoms with van der Waals surface area (Å²) in [5.74, 6) is -0.340. The molecule has 168 valence electrons. The van der Waals surface area contributed by atoms with Crippen molar-refractivity contribution in [3.63, 3.8) is 0 Å². The van der Waals surface area contributed by atoms with Gasteiger partial charge < -0.3 is 10.2 Å². The summed E-state index contributed by atoms with van der Waals surface area (Å²) in [5.41, 5.74) is 2.29. The van der Waals surface area contributed by atoms with Crippen LogP contribution in [0.15, 0.2) is 88.5 Å². The van der Waals surface area contributed by atoms with Gasteiger partial charge in [0.1, 0.15) is 6.54 Å². The summed E-state index contributed by atoms with van der Waals surface area (Å²) >= 11 is 0. The topological polar surface area (TPSA) is 76.3 Å². The van der Waals surface area contributed by atoms with E-state index in [0.29, 0.717) is 23.0 Å². The van der Waals surface area contributed by atoms with Crippen molar-refractivity contribution in [2.24, 2.45) is 0 Å². The van der Waals surface area contributed by atoms with Crippen molar-refractivity contribution in [3.8, 4) is 0 Å².